The molecule has 1 aromatic carbocycles. The molecule has 7 heteroatoms. The number of aromatic nitrogens is 1. The number of rotatable bonds is 2. The molecule has 0 bridgehead atoms. The second kappa shape index (κ2) is 7.58. The van der Waals surface area contributed by atoms with E-state index in [1.807, 2.05) is 26.8 Å². The van der Waals surface area contributed by atoms with Crippen LogP contribution in [0.25, 0.3) is 11.0 Å². The largest absolute Gasteiger partial charge is 0.451 e. The molecule has 0 unspecified atom stereocenters. The van der Waals surface area contributed by atoms with E-state index in [4.69, 9.17) is 9.15 Å². The minimum atomic E-state index is -0.434. The van der Waals surface area contributed by atoms with Gasteiger partial charge in [-0.15, -0.1) is 0 Å². The van der Waals surface area contributed by atoms with Crippen LogP contribution in [0.3, 0.4) is 0 Å². The molecule has 2 amide bonds. The zero-order chi connectivity index (χ0) is 20.5. The summed E-state index contributed by atoms with van der Waals surface area (Å²) in [5.74, 6) is 0.630. The molecule has 1 aliphatic heterocycles. The molecular weight excluding hydrogens is 370 g/mol. The van der Waals surface area contributed by atoms with Gasteiger partial charge in [-0.3, -0.25) is 9.78 Å². The summed E-state index contributed by atoms with van der Waals surface area (Å²) >= 11 is 0. The standard InChI is InChI=1S/C22H23N3O4/c1-14-11-18-16(3)20(29-19(18)12-15(14)2)21(26)24-7-9-25(10-8-24)22(27)28-17-5-4-6-23-13-17/h4-6,11-13H,7-10H2,1-3H3. The lowest BCUT2D eigenvalue weighted by atomic mass is 10.0. The predicted octanol–water partition coefficient (Wildman–Crippen LogP) is 3.71. The van der Waals surface area contributed by atoms with Crippen molar-refractivity contribution in [2.75, 3.05) is 26.2 Å². The zero-order valence-electron chi connectivity index (χ0n) is 16.8. The van der Waals surface area contributed by atoms with Crippen molar-refractivity contribution in [1.29, 1.82) is 0 Å². The first-order valence-corrected chi connectivity index (χ1v) is 9.60. The number of nitrogens with zero attached hydrogens (tertiary/aromatic N) is 3. The molecule has 0 saturated carbocycles. The Labute approximate surface area is 168 Å². The van der Waals surface area contributed by atoms with Gasteiger partial charge in [0.15, 0.2) is 11.5 Å². The van der Waals surface area contributed by atoms with Gasteiger partial charge in [0.05, 0.1) is 6.20 Å². The lowest BCUT2D eigenvalue weighted by molar-refractivity contribution is 0.0605. The normalized spacial score (nSPS) is 14.3. The Morgan fingerprint density at radius 3 is 2.41 bits per heavy atom. The number of pyridine rings is 1. The Balaban J connectivity index is 1.43. The van der Waals surface area contributed by atoms with Crippen LogP contribution < -0.4 is 4.74 Å². The highest BCUT2D eigenvalue weighted by molar-refractivity contribution is 5.99. The van der Waals surface area contributed by atoms with Crippen molar-refractivity contribution in [2.45, 2.75) is 20.8 Å². The fourth-order valence-corrected chi connectivity index (χ4v) is 3.49. The molecule has 0 atom stereocenters. The van der Waals surface area contributed by atoms with Crippen molar-refractivity contribution in [3.8, 4) is 5.75 Å². The van der Waals surface area contributed by atoms with Gasteiger partial charge < -0.3 is 19.0 Å². The molecule has 0 aliphatic carbocycles. The van der Waals surface area contributed by atoms with Crippen molar-refractivity contribution in [2.24, 2.45) is 0 Å². The van der Waals surface area contributed by atoms with Crippen LogP contribution in [-0.4, -0.2) is 53.0 Å². The van der Waals surface area contributed by atoms with Crippen molar-refractivity contribution >= 4 is 23.0 Å². The predicted molar refractivity (Wildman–Crippen MR) is 108 cm³/mol. The summed E-state index contributed by atoms with van der Waals surface area (Å²) in [7, 11) is 0. The second-order valence-corrected chi connectivity index (χ2v) is 7.32. The monoisotopic (exact) mass is 393 g/mol. The number of ether oxygens (including phenoxy) is 1. The fourth-order valence-electron chi connectivity index (χ4n) is 3.49. The minimum absolute atomic E-state index is 0.144. The van der Waals surface area contributed by atoms with Crippen LogP contribution >= 0.6 is 0 Å². The quantitative estimate of drug-likeness (QED) is 0.663. The highest BCUT2D eigenvalue weighted by atomic mass is 16.6. The van der Waals surface area contributed by atoms with E-state index < -0.39 is 6.09 Å². The number of furan rings is 1. The first kappa shape index (κ1) is 19.0. The molecule has 3 heterocycles. The third-order valence-corrected chi connectivity index (χ3v) is 5.41. The topological polar surface area (TPSA) is 75.9 Å². The average molecular weight is 393 g/mol. The van der Waals surface area contributed by atoms with Crippen LogP contribution in [0.15, 0.2) is 41.1 Å². The SMILES string of the molecule is Cc1cc2oc(C(=O)N3CCN(C(=O)Oc4cccnc4)CC3)c(C)c2cc1C. The number of amides is 2. The summed E-state index contributed by atoms with van der Waals surface area (Å²) in [6, 6.07) is 7.42. The van der Waals surface area contributed by atoms with E-state index >= 15 is 0 Å². The Bertz CT molecular complexity index is 1070. The van der Waals surface area contributed by atoms with Crippen molar-refractivity contribution < 1.29 is 18.7 Å². The summed E-state index contributed by atoms with van der Waals surface area (Å²) in [5.41, 5.74) is 3.88. The molecule has 1 fully saturated rings. The third kappa shape index (κ3) is 3.68. The Morgan fingerprint density at radius 1 is 1.03 bits per heavy atom. The fraction of sp³-hybridized carbons (Fsp3) is 0.318. The molecule has 0 spiro atoms. The Hall–Kier alpha value is -3.35. The van der Waals surface area contributed by atoms with E-state index in [0.29, 0.717) is 37.7 Å². The number of carbonyl (C=O) groups is 2. The maximum atomic E-state index is 13.0. The highest BCUT2D eigenvalue weighted by Crippen LogP contribution is 2.29. The highest BCUT2D eigenvalue weighted by Gasteiger charge is 2.29. The summed E-state index contributed by atoms with van der Waals surface area (Å²) in [6.45, 7) is 7.65. The number of benzene rings is 1. The summed E-state index contributed by atoms with van der Waals surface area (Å²) in [4.78, 5) is 32.6. The van der Waals surface area contributed by atoms with E-state index in [9.17, 15) is 9.59 Å². The van der Waals surface area contributed by atoms with Gasteiger partial charge >= 0.3 is 6.09 Å². The summed E-state index contributed by atoms with van der Waals surface area (Å²) < 4.78 is 11.2. The first-order chi connectivity index (χ1) is 13.9. The number of hydrogen-bond donors (Lipinski definition) is 0. The molecule has 0 radical (unpaired) electrons. The van der Waals surface area contributed by atoms with Crippen molar-refractivity contribution in [3.05, 3.63) is 59.1 Å². The summed E-state index contributed by atoms with van der Waals surface area (Å²) in [5, 5.41) is 0.968. The van der Waals surface area contributed by atoms with Crippen LogP contribution in [0.2, 0.25) is 0 Å². The molecule has 2 aromatic heterocycles. The number of carbonyl (C=O) groups excluding carboxylic acids is 2. The smallest absolute Gasteiger partial charge is 0.415 e. The van der Waals surface area contributed by atoms with E-state index in [-0.39, 0.29) is 5.91 Å². The van der Waals surface area contributed by atoms with Gasteiger partial charge in [-0.05, 0) is 56.2 Å². The first-order valence-electron chi connectivity index (χ1n) is 9.60. The average Bonchev–Trinajstić information content (AvgIpc) is 3.04. The molecule has 29 heavy (non-hydrogen) atoms. The number of aryl methyl sites for hydroxylation is 3. The summed E-state index contributed by atoms with van der Waals surface area (Å²) in [6.07, 6.45) is 2.67. The van der Waals surface area contributed by atoms with Crippen molar-refractivity contribution in [3.63, 3.8) is 0 Å². The molecule has 3 aromatic rings. The van der Waals surface area contributed by atoms with E-state index in [1.54, 1.807) is 28.1 Å². The molecule has 0 N–H and O–H groups in total. The van der Waals surface area contributed by atoms with Crippen LogP contribution in [0.4, 0.5) is 4.79 Å². The van der Waals surface area contributed by atoms with Gasteiger partial charge in [-0.25, -0.2) is 4.79 Å². The lowest BCUT2D eigenvalue weighted by Gasteiger charge is -2.33. The number of piperazine rings is 1. The lowest BCUT2D eigenvalue weighted by Crippen LogP contribution is -2.51. The molecular formula is C22H23N3O4. The number of hydrogen-bond acceptors (Lipinski definition) is 5. The number of fused-ring (bicyclic) bond motifs is 1. The van der Waals surface area contributed by atoms with Crippen LogP contribution in [-0.2, 0) is 0 Å². The van der Waals surface area contributed by atoms with Crippen LogP contribution in [0, 0.1) is 20.8 Å². The molecule has 150 valence electrons. The van der Waals surface area contributed by atoms with Gasteiger partial charge in [0.1, 0.15) is 5.58 Å². The van der Waals surface area contributed by atoms with Crippen molar-refractivity contribution in [1.82, 2.24) is 14.8 Å². The van der Waals surface area contributed by atoms with Gasteiger partial charge in [0.2, 0.25) is 0 Å². The molecule has 4 rings (SSSR count). The Morgan fingerprint density at radius 2 is 1.72 bits per heavy atom. The third-order valence-electron chi connectivity index (χ3n) is 5.41. The van der Waals surface area contributed by atoms with Gasteiger partial charge in [-0.1, -0.05) is 0 Å². The van der Waals surface area contributed by atoms with Crippen LogP contribution in [0.5, 0.6) is 5.75 Å². The second-order valence-electron chi connectivity index (χ2n) is 7.32. The molecule has 1 saturated heterocycles. The Kier molecular flexibility index (Phi) is 4.96. The minimum Gasteiger partial charge on any atom is -0.451 e. The van der Waals surface area contributed by atoms with E-state index in [2.05, 4.69) is 11.1 Å². The molecule has 1 aliphatic rings. The zero-order valence-corrected chi connectivity index (χ0v) is 16.8. The van der Waals surface area contributed by atoms with E-state index in [1.165, 1.54) is 11.8 Å². The van der Waals surface area contributed by atoms with Gasteiger partial charge in [-0.2, -0.15) is 0 Å². The van der Waals surface area contributed by atoms with Crippen LogP contribution in [0.1, 0.15) is 27.2 Å². The van der Waals surface area contributed by atoms with Gasteiger partial charge in [0, 0.05) is 43.3 Å². The maximum Gasteiger partial charge on any atom is 0.415 e. The maximum absolute atomic E-state index is 13.0. The molecule has 7 nitrogen and oxygen atoms in total. The van der Waals surface area contributed by atoms with E-state index in [0.717, 1.165) is 22.1 Å². The van der Waals surface area contributed by atoms with Gasteiger partial charge in [0.25, 0.3) is 5.91 Å².